The lowest BCUT2D eigenvalue weighted by Crippen LogP contribution is -2.11. The van der Waals surface area contributed by atoms with Gasteiger partial charge in [0.25, 0.3) is 0 Å². The first kappa shape index (κ1) is 20.2. The molecule has 3 nitrogen and oxygen atoms in total. The fourth-order valence-corrected chi connectivity index (χ4v) is 3.94. The van der Waals surface area contributed by atoms with E-state index in [0.29, 0.717) is 11.8 Å². The monoisotopic (exact) mass is 399 g/mol. The van der Waals surface area contributed by atoms with Crippen molar-refractivity contribution in [3.05, 3.63) is 65.2 Å². The van der Waals surface area contributed by atoms with Crippen LogP contribution in [0.3, 0.4) is 0 Å². The Morgan fingerprint density at radius 1 is 0.800 bits per heavy atom. The molecule has 30 heavy (non-hydrogen) atoms. The zero-order chi connectivity index (χ0) is 21.8. The van der Waals surface area contributed by atoms with Gasteiger partial charge in [-0.15, -0.1) is 0 Å². The van der Waals surface area contributed by atoms with E-state index in [2.05, 4.69) is 76.9 Å². The van der Waals surface area contributed by atoms with Crippen molar-refractivity contribution in [2.75, 3.05) is 0 Å². The predicted molar refractivity (Wildman–Crippen MR) is 126 cm³/mol. The van der Waals surface area contributed by atoms with Gasteiger partial charge in [0.1, 0.15) is 5.75 Å². The number of hydrogen-bond donors (Lipinski definition) is 2. The highest BCUT2D eigenvalue weighted by atomic mass is 16.3. The number of phenols is 1. The SMILES string of the molecule is CC(C)(C)c1ccc2[nH]c3c(-c4ccc(C=O)c(O)c4)cc(C(C)(C)C)cc3c2c1. The summed E-state index contributed by atoms with van der Waals surface area (Å²) in [5.41, 5.74) is 6.92. The Bertz CT molecular complexity index is 1280. The lowest BCUT2D eigenvalue weighted by molar-refractivity contribution is 0.112. The van der Waals surface area contributed by atoms with Gasteiger partial charge < -0.3 is 10.1 Å². The normalized spacial score (nSPS) is 12.6. The van der Waals surface area contributed by atoms with Crippen LogP contribution in [0.5, 0.6) is 5.75 Å². The number of rotatable bonds is 2. The first-order chi connectivity index (χ1) is 14.0. The number of nitrogens with one attached hydrogen (secondary N) is 1. The molecule has 4 aromatic rings. The van der Waals surface area contributed by atoms with E-state index in [4.69, 9.17) is 0 Å². The minimum atomic E-state index is -0.0288. The van der Waals surface area contributed by atoms with Crippen LogP contribution >= 0.6 is 0 Å². The Labute approximate surface area is 177 Å². The molecule has 0 radical (unpaired) electrons. The number of aromatic amines is 1. The van der Waals surface area contributed by atoms with Gasteiger partial charge in [-0.05, 0) is 63.9 Å². The number of carbonyl (C=O) groups is 1. The van der Waals surface area contributed by atoms with E-state index in [1.54, 1.807) is 12.1 Å². The number of hydrogen-bond acceptors (Lipinski definition) is 2. The molecule has 1 heterocycles. The summed E-state index contributed by atoms with van der Waals surface area (Å²) in [5, 5.41) is 12.7. The molecule has 154 valence electrons. The second kappa shape index (κ2) is 6.73. The lowest BCUT2D eigenvalue weighted by Gasteiger charge is -2.21. The van der Waals surface area contributed by atoms with Crippen LogP contribution in [0.2, 0.25) is 0 Å². The first-order valence-corrected chi connectivity index (χ1v) is 10.4. The van der Waals surface area contributed by atoms with Gasteiger partial charge in [-0.25, -0.2) is 0 Å². The van der Waals surface area contributed by atoms with Crippen LogP contribution in [0, 0.1) is 0 Å². The number of carbonyl (C=O) groups excluding carboxylic acids is 1. The maximum absolute atomic E-state index is 11.1. The molecule has 0 aliphatic heterocycles. The molecule has 0 saturated carbocycles. The van der Waals surface area contributed by atoms with E-state index in [1.165, 1.54) is 21.9 Å². The van der Waals surface area contributed by atoms with E-state index in [9.17, 15) is 9.90 Å². The van der Waals surface area contributed by atoms with E-state index in [0.717, 1.165) is 22.2 Å². The van der Waals surface area contributed by atoms with Crippen molar-refractivity contribution >= 4 is 28.1 Å². The lowest BCUT2D eigenvalue weighted by atomic mass is 9.83. The van der Waals surface area contributed by atoms with Crippen LogP contribution in [-0.2, 0) is 10.8 Å². The molecule has 0 fully saturated rings. The zero-order valence-electron chi connectivity index (χ0n) is 18.6. The number of fused-ring (bicyclic) bond motifs is 3. The summed E-state index contributed by atoms with van der Waals surface area (Å²) in [6.45, 7) is 13.3. The van der Waals surface area contributed by atoms with E-state index in [1.807, 2.05) is 6.07 Å². The number of aldehydes is 1. The van der Waals surface area contributed by atoms with Gasteiger partial charge in [-0.3, -0.25) is 4.79 Å². The Morgan fingerprint density at radius 2 is 1.47 bits per heavy atom. The quantitative estimate of drug-likeness (QED) is 0.353. The Kier molecular flexibility index (Phi) is 4.54. The number of benzene rings is 3. The van der Waals surface area contributed by atoms with Crippen molar-refractivity contribution in [1.29, 1.82) is 0 Å². The average molecular weight is 400 g/mol. The molecule has 1 aromatic heterocycles. The summed E-state index contributed by atoms with van der Waals surface area (Å²) >= 11 is 0. The van der Waals surface area contributed by atoms with Crippen molar-refractivity contribution < 1.29 is 9.90 Å². The smallest absolute Gasteiger partial charge is 0.153 e. The molecule has 3 aromatic carbocycles. The third-order valence-electron chi connectivity index (χ3n) is 5.91. The van der Waals surface area contributed by atoms with E-state index in [-0.39, 0.29) is 16.6 Å². The minimum absolute atomic E-state index is 0.00272. The molecule has 0 atom stereocenters. The average Bonchev–Trinajstić information content (AvgIpc) is 3.03. The highest BCUT2D eigenvalue weighted by Crippen LogP contribution is 2.39. The van der Waals surface area contributed by atoms with Gasteiger partial charge in [0.05, 0.1) is 11.1 Å². The molecular formula is C27H29NO2. The third kappa shape index (κ3) is 3.39. The molecule has 0 bridgehead atoms. The van der Waals surface area contributed by atoms with Gasteiger partial charge in [-0.2, -0.15) is 0 Å². The molecular weight excluding hydrogens is 370 g/mol. The largest absolute Gasteiger partial charge is 0.507 e. The van der Waals surface area contributed by atoms with Crippen LogP contribution in [0.4, 0.5) is 0 Å². The summed E-state index contributed by atoms with van der Waals surface area (Å²) in [6, 6.07) is 16.4. The van der Waals surface area contributed by atoms with E-state index < -0.39 is 0 Å². The van der Waals surface area contributed by atoms with Crippen LogP contribution in [0.1, 0.15) is 63.0 Å². The van der Waals surface area contributed by atoms with E-state index >= 15 is 0 Å². The molecule has 0 amide bonds. The van der Waals surface area contributed by atoms with Crippen LogP contribution in [-0.4, -0.2) is 16.4 Å². The molecule has 4 rings (SSSR count). The molecule has 0 aliphatic carbocycles. The van der Waals surface area contributed by atoms with Crippen LogP contribution < -0.4 is 0 Å². The van der Waals surface area contributed by atoms with Crippen molar-refractivity contribution in [2.45, 2.75) is 52.4 Å². The summed E-state index contributed by atoms with van der Waals surface area (Å²) in [7, 11) is 0. The van der Waals surface area contributed by atoms with Gasteiger partial charge in [0, 0.05) is 21.9 Å². The fourth-order valence-electron chi connectivity index (χ4n) is 3.94. The predicted octanol–water partition coefficient (Wildman–Crippen LogP) is 7.10. The van der Waals surface area contributed by atoms with Gasteiger partial charge in [-0.1, -0.05) is 53.7 Å². The molecule has 0 unspecified atom stereocenters. The maximum atomic E-state index is 11.1. The number of H-pyrrole nitrogens is 1. The summed E-state index contributed by atoms with van der Waals surface area (Å²) in [6.07, 6.45) is 0.678. The highest BCUT2D eigenvalue weighted by molar-refractivity contribution is 6.12. The Morgan fingerprint density at radius 3 is 2.07 bits per heavy atom. The second-order valence-corrected chi connectivity index (χ2v) is 10.2. The van der Waals surface area contributed by atoms with Crippen molar-refractivity contribution in [1.82, 2.24) is 4.98 Å². The molecule has 0 aliphatic rings. The van der Waals surface area contributed by atoms with Gasteiger partial charge in [0.2, 0.25) is 0 Å². The number of aromatic hydroxyl groups is 1. The summed E-state index contributed by atoms with van der Waals surface area (Å²) < 4.78 is 0. The number of aromatic nitrogens is 1. The highest BCUT2D eigenvalue weighted by Gasteiger charge is 2.21. The molecule has 0 spiro atoms. The summed E-state index contributed by atoms with van der Waals surface area (Å²) in [5.74, 6) is 0.00272. The summed E-state index contributed by atoms with van der Waals surface area (Å²) in [4.78, 5) is 14.7. The van der Waals surface area contributed by atoms with Gasteiger partial charge >= 0.3 is 0 Å². The van der Waals surface area contributed by atoms with Crippen molar-refractivity contribution in [2.24, 2.45) is 0 Å². The molecule has 2 N–H and O–H groups in total. The van der Waals surface area contributed by atoms with Crippen LogP contribution in [0.25, 0.3) is 32.9 Å². The van der Waals surface area contributed by atoms with Gasteiger partial charge in [0.15, 0.2) is 6.29 Å². The zero-order valence-corrected chi connectivity index (χ0v) is 18.6. The first-order valence-electron chi connectivity index (χ1n) is 10.4. The molecule has 0 saturated heterocycles. The minimum Gasteiger partial charge on any atom is -0.507 e. The second-order valence-electron chi connectivity index (χ2n) is 10.2. The topological polar surface area (TPSA) is 53.1 Å². The van der Waals surface area contributed by atoms with Crippen molar-refractivity contribution in [3.8, 4) is 16.9 Å². The Hall–Kier alpha value is -3.07. The van der Waals surface area contributed by atoms with Crippen molar-refractivity contribution in [3.63, 3.8) is 0 Å². The fraction of sp³-hybridized carbons (Fsp3) is 0.296. The number of phenolic OH excluding ortho intramolecular Hbond substituents is 1. The standard InChI is InChI=1S/C27H29NO2/c1-26(2,3)18-9-10-23-21(12-18)22-14-19(27(4,5)6)13-20(25(22)28-23)16-7-8-17(15-29)24(30)11-16/h7-15,28,30H,1-6H3. The van der Waals surface area contributed by atoms with Crippen LogP contribution in [0.15, 0.2) is 48.5 Å². The Balaban J connectivity index is 2.08. The maximum Gasteiger partial charge on any atom is 0.153 e. The molecule has 3 heteroatoms. The third-order valence-corrected chi connectivity index (χ3v) is 5.91.